The molecule has 0 atom stereocenters. The normalized spacial score (nSPS) is 11.5. The van der Waals surface area contributed by atoms with Crippen LogP contribution < -0.4 is 10.0 Å². The third-order valence-corrected chi connectivity index (χ3v) is 6.09. The van der Waals surface area contributed by atoms with E-state index in [2.05, 4.69) is 10.0 Å². The van der Waals surface area contributed by atoms with Crippen LogP contribution in [-0.2, 0) is 14.8 Å². The van der Waals surface area contributed by atoms with Crippen molar-refractivity contribution < 1.29 is 13.2 Å². The largest absolute Gasteiger partial charge is 0.323 e. The van der Waals surface area contributed by atoms with Crippen molar-refractivity contribution in [1.82, 2.24) is 0 Å². The van der Waals surface area contributed by atoms with Crippen LogP contribution in [0.4, 0.5) is 11.4 Å². The van der Waals surface area contributed by atoms with Crippen LogP contribution in [0, 0.1) is 0 Å². The maximum Gasteiger partial charge on any atom is 0.261 e. The molecule has 0 aromatic heterocycles. The highest BCUT2D eigenvalue weighted by Crippen LogP contribution is 2.20. The maximum absolute atomic E-state index is 12.5. The predicted molar refractivity (Wildman–Crippen MR) is 125 cm³/mol. The molecule has 0 fully saturated rings. The second-order valence-corrected chi connectivity index (χ2v) is 8.57. The van der Waals surface area contributed by atoms with Crippen LogP contribution in [0.25, 0.3) is 16.8 Å². The lowest BCUT2D eigenvalue weighted by Gasteiger charge is -2.09. The molecule has 0 bridgehead atoms. The Labute approximate surface area is 181 Å². The highest BCUT2D eigenvalue weighted by Gasteiger charge is 2.14. The summed E-state index contributed by atoms with van der Waals surface area (Å²) in [6.07, 6.45) is 3.23. The zero-order valence-corrected chi connectivity index (χ0v) is 17.3. The van der Waals surface area contributed by atoms with E-state index in [0.29, 0.717) is 11.4 Å². The fourth-order valence-corrected chi connectivity index (χ4v) is 4.24. The summed E-state index contributed by atoms with van der Waals surface area (Å²) in [5.74, 6) is -0.300. The topological polar surface area (TPSA) is 75.3 Å². The molecule has 0 heterocycles. The average Bonchev–Trinajstić information content (AvgIpc) is 2.78. The van der Waals surface area contributed by atoms with Crippen LogP contribution >= 0.6 is 0 Å². The van der Waals surface area contributed by atoms with E-state index >= 15 is 0 Å². The number of rotatable bonds is 6. The molecule has 0 aliphatic rings. The van der Waals surface area contributed by atoms with Crippen LogP contribution in [0.3, 0.4) is 0 Å². The number of amides is 1. The molecule has 0 saturated heterocycles. The van der Waals surface area contributed by atoms with Gasteiger partial charge in [-0.25, -0.2) is 8.42 Å². The third kappa shape index (κ3) is 4.99. The van der Waals surface area contributed by atoms with Gasteiger partial charge in [-0.15, -0.1) is 0 Å². The Morgan fingerprint density at radius 2 is 1.39 bits per heavy atom. The average molecular weight is 429 g/mol. The second-order valence-electron chi connectivity index (χ2n) is 6.89. The molecule has 154 valence electrons. The standard InChI is InChI=1S/C25H20N2O3S/c28-25(18-13-20-9-6-8-19-7-4-5-12-24(19)20)26-21-14-16-23(17-15-21)31(29,30)27-22-10-2-1-3-11-22/h1-18,27H,(H,26,28). The monoisotopic (exact) mass is 428 g/mol. The van der Waals surface area contributed by atoms with Crippen molar-refractivity contribution in [3.8, 4) is 0 Å². The number of anilines is 2. The predicted octanol–water partition coefficient (Wildman–Crippen LogP) is 5.29. The van der Waals surface area contributed by atoms with E-state index in [-0.39, 0.29) is 10.8 Å². The fraction of sp³-hybridized carbons (Fsp3) is 0. The quantitative estimate of drug-likeness (QED) is 0.410. The number of hydrogen-bond acceptors (Lipinski definition) is 3. The smallest absolute Gasteiger partial charge is 0.261 e. The van der Waals surface area contributed by atoms with E-state index in [9.17, 15) is 13.2 Å². The maximum atomic E-state index is 12.5. The summed E-state index contributed by atoms with van der Waals surface area (Å²) in [4.78, 5) is 12.4. The van der Waals surface area contributed by atoms with Crippen molar-refractivity contribution in [2.75, 3.05) is 10.0 Å². The van der Waals surface area contributed by atoms with Crippen molar-refractivity contribution in [2.45, 2.75) is 4.90 Å². The summed E-state index contributed by atoms with van der Waals surface area (Å²) in [5.41, 5.74) is 1.94. The van der Waals surface area contributed by atoms with E-state index in [0.717, 1.165) is 16.3 Å². The molecule has 4 rings (SSSR count). The first kappa shape index (κ1) is 20.4. The summed E-state index contributed by atoms with van der Waals surface area (Å²) in [5, 5.41) is 4.91. The zero-order valence-electron chi connectivity index (χ0n) is 16.5. The van der Waals surface area contributed by atoms with Gasteiger partial charge in [-0.05, 0) is 58.8 Å². The van der Waals surface area contributed by atoms with Crippen molar-refractivity contribution in [3.05, 3.63) is 109 Å². The van der Waals surface area contributed by atoms with Gasteiger partial charge in [0.2, 0.25) is 5.91 Å². The van der Waals surface area contributed by atoms with Crippen molar-refractivity contribution in [3.63, 3.8) is 0 Å². The molecule has 5 nitrogen and oxygen atoms in total. The molecule has 1 amide bonds. The van der Waals surface area contributed by atoms with Crippen molar-refractivity contribution in [1.29, 1.82) is 0 Å². The minimum absolute atomic E-state index is 0.112. The molecule has 4 aromatic rings. The van der Waals surface area contributed by atoms with E-state index in [4.69, 9.17) is 0 Å². The third-order valence-electron chi connectivity index (χ3n) is 4.70. The highest BCUT2D eigenvalue weighted by molar-refractivity contribution is 7.92. The molecule has 2 N–H and O–H groups in total. The van der Waals surface area contributed by atoms with E-state index < -0.39 is 10.0 Å². The van der Waals surface area contributed by atoms with Crippen LogP contribution in [0.5, 0.6) is 0 Å². The number of para-hydroxylation sites is 1. The van der Waals surface area contributed by atoms with Gasteiger partial charge in [-0.2, -0.15) is 0 Å². The Hall–Kier alpha value is -3.90. The highest BCUT2D eigenvalue weighted by atomic mass is 32.2. The number of hydrogen-bond donors (Lipinski definition) is 2. The molecule has 0 saturated carbocycles. The number of nitrogens with one attached hydrogen (secondary N) is 2. The van der Waals surface area contributed by atoms with Crippen molar-refractivity contribution >= 4 is 44.2 Å². The summed E-state index contributed by atoms with van der Waals surface area (Å²) in [6, 6.07) is 28.6. The molecular weight excluding hydrogens is 408 g/mol. The van der Waals surface area contributed by atoms with E-state index in [1.807, 2.05) is 48.5 Å². The first-order chi connectivity index (χ1) is 15.0. The minimum atomic E-state index is -3.70. The van der Waals surface area contributed by atoms with Crippen LogP contribution in [0.15, 0.2) is 108 Å². The molecule has 0 aliphatic carbocycles. The van der Waals surface area contributed by atoms with Gasteiger partial charge in [-0.3, -0.25) is 9.52 Å². The lowest BCUT2D eigenvalue weighted by molar-refractivity contribution is -0.111. The summed E-state index contributed by atoms with van der Waals surface area (Å²) in [7, 11) is -3.70. The molecule has 0 spiro atoms. The summed E-state index contributed by atoms with van der Waals surface area (Å²) in [6.45, 7) is 0. The molecule has 0 radical (unpaired) electrons. The number of fused-ring (bicyclic) bond motifs is 1. The molecular formula is C25H20N2O3S. The molecule has 31 heavy (non-hydrogen) atoms. The number of benzene rings is 4. The van der Waals surface area contributed by atoms with Gasteiger partial charge in [0.25, 0.3) is 10.0 Å². The lowest BCUT2D eigenvalue weighted by Crippen LogP contribution is -2.13. The van der Waals surface area contributed by atoms with Crippen LogP contribution in [-0.4, -0.2) is 14.3 Å². The number of carbonyl (C=O) groups is 1. The van der Waals surface area contributed by atoms with Crippen molar-refractivity contribution in [2.24, 2.45) is 0 Å². The Balaban J connectivity index is 1.44. The minimum Gasteiger partial charge on any atom is -0.323 e. The molecule has 0 aliphatic heterocycles. The Bertz CT molecular complexity index is 1340. The van der Waals surface area contributed by atoms with Gasteiger partial charge in [0, 0.05) is 17.5 Å². The van der Waals surface area contributed by atoms with Crippen LogP contribution in [0.2, 0.25) is 0 Å². The number of sulfonamides is 1. The number of carbonyl (C=O) groups excluding carboxylic acids is 1. The van der Waals surface area contributed by atoms with Gasteiger partial charge in [0.05, 0.1) is 4.90 Å². The van der Waals surface area contributed by atoms with Gasteiger partial charge in [0.1, 0.15) is 0 Å². The Morgan fingerprint density at radius 3 is 2.16 bits per heavy atom. The van der Waals surface area contributed by atoms with Crippen LogP contribution in [0.1, 0.15) is 5.56 Å². The summed E-state index contributed by atoms with van der Waals surface area (Å²) < 4.78 is 27.5. The molecule has 4 aromatic carbocycles. The van der Waals surface area contributed by atoms with Gasteiger partial charge in [0.15, 0.2) is 0 Å². The molecule has 6 heteroatoms. The van der Waals surface area contributed by atoms with Gasteiger partial charge in [-0.1, -0.05) is 60.7 Å². The first-order valence-corrected chi connectivity index (χ1v) is 11.1. The Morgan fingerprint density at radius 1 is 0.710 bits per heavy atom. The lowest BCUT2D eigenvalue weighted by atomic mass is 10.0. The van der Waals surface area contributed by atoms with E-state index in [1.165, 1.54) is 18.2 Å². The zero-order chi connectivity index (χ0) is 21.7. The van der Waals surface area contributed by atoms with E-state index in [1.54, 1.807) is 42.5 Å². The molecule has 0 unspecified atom stereocenters. The summed E-state index contributed by atoms with van der Waals surface area (Å²) >= 11 is 0. The Kier molecular flexibility index (Phi) is 5.82. The fourth-order valence-electron chi connectivity index (χ4n) is 3.18. The second kappa shape index (κ2) is 8.85. The van der Waals surface area contributed by atoms with Gasteiger partial charge >= 0.3 is 0 Å². The SMILES string of the molecule is O=C(C=Cc1cccc2ccccc12)Nc1ccc(S(=O)(=O)Nc2ccccc2)cc1. The first-order valence-electron chi connectivity index (χ1n) is 9.66. The van der Waals surface area contributed by atoms with Gasteiger partial charge < -0.3 is 5.32 Å².